The van der Waals surface area contributed by atoms with Crippen molar-refractivity contribution in [2.75, 3.05) is 18.4 Å². The van der Waals surface area contributed by atoms with E-state index in [9.17, 15) is 4.79 Å². The number of aromatic nitrogens is 2. The molecular weight excluding hydrogens is 252 g/mol. The monoisotopic (exact) mass is 272 g/mol. The van der Waals surface area contributed by atoms with Gasteiger partial charge in [-0.3, -0.25) is 9.48 Å². The second-order valence-electron chi connectivity index (χ2n) is 5.09. The van der Waals surface area contributed by atoms with Gasteiger partial charge in [0.25, 0.3) is 0 Å². The van der Waals surface area contributed by atoms with Crippen LogP contribution in [-0.2, 0) is 11.8 Å². The van der Waals surface area contributed by atoms with Gasteiger partial charge in [0.1, 0.15) is 5.82 Å². The third kappa shape index (κ3) is 3.03. The minimum absolute atomic E-state index is 0. The van der Waals surface area contributed by atoms with Gasteiger partial charge < -0.3 is 10.6 Å². The van der Waals surface area contributed by atoms with Gasteiger partial charge in [0.2, 0.25) is 5.91 Å². The van der Waals surface area contributed by atoms with Crippen LogP contribution < -0.4 is 10.6 Å². The van der Waals surface area contributed by atoms with Gasteiger partial charge in [0, 0.05) is 19.7 Å². The quantitative estimate of drug-likeness (QED) is 0.857. The van der Waals surface area contributed by atoms with Crippen molar-refractivity contribution in [3.05, 3.63) is 11.8 Å². The Bertz CT molecular complexity index is 424. The highest BCUT2D eigenvalue weighted by molar-refractivity contribution is 5.94. The summed E-state index contributed by atoms with van der Waals surface area (Å²) >= 11 is 0. The zero-order chi connectivity index (χ0) is 12.5. The van der Waals surface area contributed by atoms with E-state index >= 15 is 0 Å². The Labute approximate surface area is 114 Å². The average Bonchev–Trinajstić information content (AvgIpc) is 2.58. The van der Waals surface area contributed by atoms with E-state index in [0.29, 0.717) is 0 Å². The Morgan fingerprint density at radius 2 is 2.33 bits per heavy atom. The number of amides is 1. The van der Waals surface area contributed by atoms with Crippen LogP contribution in [0.2, 0.25) is 0 Å². The summed E-state index contributed by atoms with van der Waals surface area (Å²) in [6, 6.07) is 1.89. The predicted octanol–water partition coefficient (Wildman–Crippen LogP) is 1.48. The van der Waals surface area contributed by atoms with Gasteiger partial charge >= 0.3 is 0 Å². The number of hydrogen-bond donors (Lipinski definition) is 2. The van der Waals surface area contributed by atoms with E-state index in [1.807, 2.05) is 27.0 Å². The highest BCUT2D eigenvalue weighted by atomic mass is 35.5. The molecule has 1 unspecified atom stereocenters. The van der Waals surface area contributed by atoms with Crippen LogP contribution in [0.3, 0.4) is 0 Å². The van der Waals surface area contributed by atoms with Crippen LogP contribution in [-0.4, -0.2) is 28.8 Å². The Morgan fingerprint density at radius 1 is 1.61 bits per heavy atom. The molecule has 0 aromatic carbocycles. The molecule has 0 radical (unpaired) electrons. The highest BCUT2D eigenvalue weighted by Crippen LogP contribution is 2.27. The van der Waals surface area contributed by atoms with E-state index in [0.717, 1.165) is 37.4 Å². The fourth-order valence-electron chi connectivity index (χ4n) is 2.24. The molecule has 1 fully saturated rings. The molecule has 1 saturated heterocycles. The molecule has 2 heterocycles. The molecule has 1 aromatic heterocycles. The van der Waals surface area contributed by atoms with Gasteiger partial charge in [-0.1, -0.05) is 0 Å². The number of nitrogens with zero attached hydrogens (tertiary/aromatic N) is 2. The molecule has 1 aliphatic heterocycles. The summed E-state index contributed by atoms with van der Waals surface area (Å²) in [5.74, 6) is 0.840. The van der Waals surface area contributed by atoms with Crippen molar-refractivity contribution in [3.63, 3.8) is 0 Å². The van der Waals surface area contributed by atoms with Gasteiger partial charge in [0.15, 0.2) is 0 Å². The van der Waals surface area contributed by atoms with Crippen LogP contribution in [0.1, 0.15) is 25.5 Å². The van der Waals surface area contributed by atoms with Crippen LogP contribution in [0.15, 0.2) is 6.07 Å². The fraction of sp³-hybridized carbons (Fsp3) is 0.667. The van der Waals surface area contributed by atoms with Gasteiger partial charge in [0.05, 0.1) is 11.1 Å². The van der Waals surface area contributed by atoms with Crippen LogP contribution >= 0.6 is 12.4 Å². The minimum atomic E-state index is -0.309. The number of halogens is 1. The highest BCUT2D eigenvalue weighted by Gasteiger charge is 2.34. The summed E-state index contributed by atoms with van der Waals surface area (Å²) in [6.07, 6.45) is 1.98. The van der Waals surface area contributed by atoms with E-state index in [2.05, 4.69) is 15.7 Å². The number of anilines is 1. The summed E-state index contributed by atoms with van der Waals surface area (Å²) in [7, 11) is 1.84. The maximum Gasteiger partial charge on any atom is 0.232 e. The summed E-state index contributed by atoms with van der Waals surface area (Å²) < 4.78 is 1.70. The Morgan fingerprint density at radius 3 is 2.83 bits per heavy atom. The Hall–Kier alpha value is -1.07. The maximum absolute atomic E-state index is 12.3. The lowest BCUT2D eigenvalue weighted by molar-refractivity contribution is -0.125. The zero-order valence-corrected chi connectivity index (χ0v) is 11.9. The molecule has 1 aromatic rings. The SMILES string of the molecule is Cc1cc(NC(=O)C2(C)CCCNC2)n(C)n1.Cl. The average molecular weight is 273 g/mol. The van der Waals surface area contributed by atoms with Crippen molar-refractivity contribution >= 4 is 24.1 Å². The summed E-state index contributed by atoms with van der Waals surface area (Å²) in [5, 5.41) is 10.5. The van der Waals surface area contributed by atoms with Crippen molar-refractivity contribution < 1.29 is 4.79 Å². The summed E-state index contributed by atoms with van der Waals surface area (Å²) in [4.78, 5) is 12.3. The standard InChI is InChI=1S/C12H20N4O.ClH/c1-9-7-10(16(3)15-9)14-11(17)12(2)5-4-6-13-8-12;/h7,13H,4-6,8H2,1-3H3,(H,14,17);1H. The number of carbonyl (C=O) groups is 1. The van der Waals surface area contributed by atoms with Gasteiger partial charge in [-0.15, -0.1) is 12.4 Å². The third-order valence-corrected chi connectivity index (χ3v) is 3.39. The molecule has 0 bridgehead atoms. The zero-order valence-electron chi connectivity index (χ0n) is 11.1. The second kappa shape index (κ2) is 5.71. The molecule has 0 saturated carbocycles. The molecule has 1 atom stereocenters. The van der Waals surface area contributed by atoms with Gasteiger partial charge in [-0.05, 0) is 33.2 Å². The number of carbonyl (C=O) groups excluding carboxylic acids is 1. The maximum atomic E-state index is 12.3. The molecule has 2 rings (SSSR count). The normalized spacial score (nSPS) is 23.3. The molecule has 5 nitrogen and oxygen atoms in total. The number of piperidine rings is 1. The van der Waals surface area contributed by atoms with Crippen molar-refractivity contribution in [2.45, 2.75) is 26.7 Å². The molecule has 1 amide bonds. The predicted molar refractivity (Wildman–Crippen MR) is 74.0 cm³/mol. The van der Waals surface area contributed by atoms with E-state index in [1.165, 1.54) is 0 Å². The summed E-state index contributed by atoms with van der Waals surface area (Å²) in [5.41, 5.74) is 0.603. The van der Waals surface area contributed by atoms with Crippen molar-refractivity contribution in [2.24, 2.45) is 12.5 Å². The van der Waals surface area contributed by atoms with Crippen LogP contribution in [0, 0.1) is 12.3 Å². The van der Waals surface area contributed by atoms with E-state index in [-0.39, 0.29) is 23.7 Å². The lowest BCUT2D eigenvalue weighted by Crippen LogP contribution is -2.46. The third-order valence-electron chi connectivity index (χ3n) is 3.39. The first-order valence-electron chi connectivity index (χ1n) is 6.04. The second-order valence-corrected chi connectivity index (χ2v) is 5.09. The number of nitrogens with one attached hydrogen (secondary N) is 2. The lowest BCUT2D eigenvalue weighted by Gasteiger charge is -2.32. The fourth-order valence-corrected chi connectivity index (χ4v) is 2.24. The van der Waals surface area contributed by atoms with Crippen molar-refractivity contribution in [1.82, 2.24) is 15.1 Å². The first-order chi connectivity index (χ1) is 8.01. The van der Waals surface area contributed by atoms with Crippen LogP contribution in [0.4, 0.5) is 5.82 Å². The molecular formula is C12H21ClN4O. The molecule has 6 heteroatoms. The van der Waals surface area contributed by atoms with Crippen LogP contribution in [0.25, 0.3) is 0 Å². The van der Waals surface area contributed by atoms with E-state index in [1.54, 1.807) is 4.68 Å². The van der Waals surface area contributed by atoms with Crippen molar-refractivity contribution in [3.8, 4) is 0 Å². The minimum Gasteiger partial charge on any atom is -0.316 e. The number of rotatable bonds is 2. The summed E-state index contributed by atoms with van der Waals surface area (Å²) in [6.45, 7) is 5.68. The Balaban J connectivity index is 0.00000162. The smallest absolute Gasteiger partial charge is 0.232 e. The van der Waals surface area contributed by atoms with Gasteiger partial charge in [-0.2, -0.15) is 5.10 Å². The number of aryl methyl sites for hydroxylation is 2. The molecule has 0 aliphatic carbocycles. The molecule has 1 aliphatic rings. The largest absolute Gasteiger partial charge is 0.316 e. The first kappa shape index (κ1) is 15.0. The van der Waals surface area contributed by atoms with E-state index in [4.69, 9.17) is 0 Å². The topological polar surface area (TPSA) is 59.0 Å². The molecule has 2 N–H and O–H groups in total. The van der Waals surface area contributed by atoms with Gasteiger partial charge in [-0.25, -0.2) is 0 Å². The molecule has 18 heavy (non-hydrogen) atoms. The molecule has 102 valence electrons. The Kier molecular flexibility index (Phi) is 4.76. The van der Waals surface area contributed by atoms with Crippen molar-refractivity contribution in [1.29, 1.82) is 0 Å². The number of hydrogen-bond acceptors (Lipinski definition) is 3. The molecule has 0 spiro atoms. The van der Waals surface area contributed by atoms with E-state index < -0.39 is 0 Å². The first-order valence-corrected chi connectivity index (χ1v) is 6.04. The lowest BCUT2D eigenvalue weighted by atomic mass is 9.82. The van der Waals surface area contributed by atoms with Crippen LogP contribution in [0.5, 0.6) is 0 Å².